The summed E-state index contributed by atoms with van der Waals surface area (Å²) in [7, 11) is -4.11. The molecule has 0 aromatic rings. The van der Waals surface area contributed by atoms with E-state index in [4.69, 9.17) is 9.66 Å². The maximum atomic E-state index is 10.6. The number of hydrogen-bond acceptors (Lipinski definition) is 6. The Kier molecular flexibility index (Phi) is 10.5. The number of β-amino-alcohol motifs (C(OH)–C–C–N with tert-alkyl or cyclic N) is 2. The molecule has 0 amide bonds. The van der Waals surface area contributed by atoms with Gasteiger partial charge < -0.3 is 21.2 Å². The van der Waals surface area contributed by atoms with Crippen molar-refractivity contribution < 1.29 is 34.1 Å². The molecule has 0 aromatic heterocycles. The number of nitrogens with zero attached hydrogens (tertiary/aromatic N) is 2. The van der Waals surface area contributed by atoms with E-state index in [0.29, 0.717) is 6.54 Å². The number of hydrogen-bond donors (Lipinski definition) is 3. The van der Waals surface area contributed by atoms with Crippen molar-refractivity contribution in [2.75, 3.05) is 51.6 Å². The summed E-state index contributed by atoms with van der Waals surface area (Å²) >= 11 is 0. The van der Waals surface area contributed by atoms with E-state index in [1.807, 2.05) is 4.90 Å². The van der Waals surface area contributed by atoms with Crippen molar-refractivity contribution in [1.29, 1.82) is 0 Å². The van der Waals surface area contributed by atoms with Gasteiger partial charge in [-0.15, -0.1) is 0 Å². The first-order valence-corrected chi connectivity index (χ1v) is 7.20. The average molecular weight is 304 g/mol. The molecule has 0 saturated carbocycles. The van der Waals surface area contributed by atoms with Crippen LogP contribution in [-0.4, -0.2) is 102 Å². The standard InChI is InChI=1S/C9H20N2O5S.2H2O/c12-6-5-10-1-3-11(4-2-10)7-9(13)8-17(14,15)16;;/h9,12-13H,1-8H2,(H,14,15,16);2*1H2. The average Bonchev–Trinajstić information content (AvgIpc) is 2.18. The Balaban J connectivity index is 0. The summed E-state index contributed by atoms with van der Waals surface area (Å²) in [6.07, 6.45) is -1.06. The molecule has 1 aliphatic rings. The zero-order chi connectivity index (χ0) is 12.9. The first-order valence-electron chi connectivity index (χ1n) is 5.59. The molecule has 0 spiro atoms. The molecule has 1 aliphatic heterocycles. The van der Waals surface area contributed by atoms with Crippen molar-refractivity contribution in [3.8, 4) is 0 Å². The van der Waals surface area contributed by atoms with Crippen LogP contribution < -0.4 is 0 Å². The van der Waals surface area contributed by atoms with Gasteiger partial charge >= 0.3 is 0 Å². The molecular formula is C9H24N2O7S. The fraction of sp³-hybridized carbons (Fsp3) is 1.00. The molecule has 10 heteroatoms. The molecule has 0 aliphatic carbocycles. The van der Waals surface area contributed by atoms with E-state index in [1.54, 1.807) is 0 Å². The maximum Gasteiger partial charge on any atom is 0.267 e. The summed E-state index contributed by atoms with van der Waals surface area (Å²) in [5.41, 5.74) is 0. The second-order valence-corrected chi connectivity index (χ2v) is 5.77. The molecule has 0 radical (unpaired) electrons. The van der Waals surface area contributed by atoms with Crippen LogP contribution in [0.25, 0.3) is 0 Å². The predicted molar refractivity (Wildman–Crippen MR) is 69.6 cm³/mol. The van der Waals surface area contributed by atoms with Crippen LogP contribution in [0.4, 0.5) is 0 Å². The number of piperazine rings is 1. The lowest BCUT2D eigenvalue weighted by atomic mass is 10.3. The van der Waals surface area contributed by atoms with Crippen molar-refractivity contribution in [2.24, 2.45) is 0 Å². The van der Waals surface area contributed by atoms with Crippen molar-refractivity contribution >= 4 is 10.1 Å². The molecule has 19 heavy (non-hydrogen) atoms. The lowest BCUT2D eigenvalue weighted by Gasteiger charge is -2.35. The summed E-state index contributed by atoms with van der Waals surface area (Å²) in [5.74, 6) is -0.621. The van der Waals surface area contributed by atoms with Gasteiger partial charge in [0.25, 0.3) is 10.1 Å². The van der Waals surface area contributed by atoms with Crippen molar-refractivity contribution in [1.82, 2.24) is 9.80 Å². The zero-order valence-electron chi connectivity index (χ0n) is 10.7. The van der Waals surface area contributed by atoms with Gasteiger partial charge in [-0.25, -0.2) is 0 Å². The molecule has 0 bridgehead atoms. The molecule has 7 N–H and O–H groups in total. The molecule has 1 heterocycles. The molecule has 1 fully saturated rings. The third kappa shape index (κ3) is 9.24. The smallest absolute Gasteiger partial charge is 0.267 e. The fourth-order valence-electron chi connectivity index (χ4n) is 1.93. The van der Waals surface area contributed by atoms with E-state index >= 15 is 0 Å². The van der Waals surface area contributed by atoms with Crippen LogP contribution in [0.3, 0.4) is 0 Å². The van der Waals surface area contributed by atoms with Crippen LogP contribution in [0.5, 0.6) is 0 Å². The lowest BCUT2D eigenvalue weighted by Crippen LogP contribution is -2.49. The van der Waals surface area contributed by atoms with E-state index in [9.17, 15) is 13.5 Å². The normalized spacial score (nSPS) is 19.3. The number of aliphatic hydroxyl groups excluding tert-OH is 2. The molecule has 1 atom stereocenters. The Hall–Kier alpha value is -0.330. The summed E-state index contributed by atoms with van der Waals surface area (Å²) in [5, 5.41) is 18.2. The SMILES string of the molecule is O.O.O=S(=O)(O)CC(O)CN1CCN(CCO)CC1. The third-order valence-corrected chi connectivity index (χ3v) is 3.56. The Morgan fingerprint density at radius 3 is 1.95 bits per heavy atom. The monoisotopic (exact) mass is 304 g/mol. The van der Waals surface area contributed by atoms with Crippen LogP contribution >= 0.6 is 0 Å². The van der Waals surface area contributed by atoms with Crippen LogP contribution in [0, 0.1) is 0 Å². The highest BCUT2D eigenvalue weighted by Gasteiger charge is 2.21. The zero-order valence-corrected chi connectivity index (χ0v) is 11.5. The Morgan fingerprint density at radius 2 is 1.53 bits per heavy atom. The molecule has 1 unspecified atom stereocenters. The first-order chi connectivity index (χ1) is 7.90. The summed E-state index contributed by atoms with van der Waals surface area (Å²) in [4.78, 5) is 4.05. The van der Waals surface area contributed by atoms with Crippen LogP contribution in [0.1, 0.15) is 0 Å². The second-order valence-electron chi connectivity index (χ2n) is 4.27. The van der Waals surface area contributed by atoms with Crippen molar-refractivity contribution in [3.05, 3.63) is 0 Å². The largest absolute Gasteiger partial charge is 0.412 e. The van der Waals surface area contributed by atoms with Crippen LogP contribution in [0.2, 0.25) is 0 Å². The minimum absolute atomic E-state index is 0. The van der Waals surface area contributed by atoms with Crippen molar-refractivity contribution in [2.45, 2.75) is 6.10 Å². The van der Waals surface area contributed by atoms with Gasteiger partial charge in [0.1, 0.15) is 5.75 Å². The van der Waals surface area contributed by atoms with Gasteiger partial charge in [0.05, 0.1) is 12.7 Å². The highest BCUT2D eigenvalue weighted by molar-refractivity contribution is 7.85. The van der Waals surface area contributed by atoms with Gasteiger partial charge in [0, 0.05) is 39.3 Å². The van der Waals surface area contributed by atoms with Gasteiger partial charge in [0.15, 0.2) is 0 Å². The van der Waals surface area contributed by atoms with E-state index in [0.717, 1.165) is 26.2 Å². The number of rotatable bonds is 6. The quantitative estimate of drug-likeness (QED) is 0.423. The molecule has 0 aromatic carbocycles. The van der Waals surface area contributed by atoms with Crippen LogP contribution in [-0.2, 0) is 10.1 Å². The van der Waals surface area contributed by atoms with Crippen molar-refractivity contribution in [3.63, 3.8) is 0 Å². The topological polar surface area (TPSA) is 164 Å². The van der Waals surface area contributed by atoms with E-state index in [-0.39, 0.29) is 24.1 Å². The first kappa shape index (κ1) is 21.0. The minimum atomic E-state index is -4.11. The van der Waals surface area contributed by atoms with E-state index < -0.39 is 22.0 Å². The molecule has 118 valence electrons. The minimum Gasteiger partial charge on any atom is -0.412 e. The second kappa shape index (κ2) is 9.55. The Morgan fingerprint density at radius 1 is 1.05 bits per heavy atom. The number of aliphatic hydroxyl groups is 2. The van der Waals surface area contributed by atoms with E-state index in [1.165, 1.54) is 0 Å². The van der Waals surface area contributed by atoms with Crippen LogP contribution in [0.15, 0.2) is 0 Å². The Bertz CT molecular complexity index is 317. The summed E-state index contributed by atoms with van der Waals surface area (Å²) < 4.78 is 29.7. The van der Waals surface area contributed by atoms with Gasteiger partial charge in [-0.3, -0.25) is 14.4 Å². The maximum absolute atomic E-state index is 10.6. The van der Waals surface area contributed by atoms with Gasteiger partial charge in [-0.2, -0.15) is 8.42 Å². The highest BCUT2D eigenvalue weighted by atomic mass is 32.2. The van der Waals surface area contributed by atoms with Gasteiger partial charge in [-0.05, 0) is 0 Å². The molecule has 9 nitrogen and oxygen atoms in total. The molecular weight excluding hydrogens is 280 g/mol. The fourth-order valence-corrected chi connectivity index (χ4v) is 2.52. The third-order valence-electron chi connectivity index (χ3n) is 2.75. The Labute approximate surface area is 112 Å². The molecule has 1 saturated heterocycles. The lowest BCUT2D eigenvalue weighted by molar-refractivity contribution is 0.0737. The predicted octanol–water partition coefficient (Wildman–Crippen LogP) is -3.80. The molecule has 1 rings (SSSR count). The van der Waals surface area contributed by atoms with Gasteiger partial charge in [-0.1, -0.05) is 0 Å². The van der Waals surface area contributed by atoms with E-state index in [2.05, 4.69) is 4.90 Å². The highest BCUT2D eigenvalue weighted by Crippen LogP contribution is 2.03. The van der Waals surface area contributed by atoms with Gasteiger partial charge in [0.2, 0.25) is 0 Å². The summed E-state index contributed by atoms with van der Waals surface area (Å²) in [6, 6.07) is 0. The summed E-state index contributed by atoms with van der Waals surface area (Å²) in [6.45, 7) is 4.04.